The van der Waals surface area contributed by atoms with Gasteiger partial charge in [0.2, 0.25) is 0 Å². The lowest BCUT2D eigenvalue weighted by Gasteiger charge is -2.57. The van der Waals surface area contributed by atoms with E-state index in [0.717, 1.165) is 12.8 Å². The van der Waals surface area contributed by atoms with Crippen molar-refractivity contribution in [1.29, 1.82) is 5.26 Å². The largest absolute Gasteiger partial charge is 0.444 e. The van der Waals surface area contributed by atoms with Crippen molar-refractivity contribution in [2.24, 2.45) is 11.8 Å². The maximum atomic E-state index is 13.9. The smallest absolute Gasteiger partial charge is 0.407 e. The SMILES string of the molecule is C[C@@H]1C2CC(C2)N(C(=O)c2cc(C#N)ccc2-n2nccn2)C1CNC(=O)OC(C)(C)C. The van der Waals surface area contributed by atoms with Gasteiger partial charge >= 0.3 is 6.09 Å². The number of nitrogens with one attached hydrogen (secondary N) is 1. The number of aromatic nitrogens is 3. The second-order valence-electron chi connectivity index (χ2n) is 9.57. The van der Waals surface area contributed by atoms with E-state index in [1.807, 2.05) is 25.7 Å². The number of carbonyl (C=O) groups excluding carboxylic acids is 2. The number of hydrogen-bond acceptors (Lipinski definition) is 6. The molecule has 2 bridgehead atoms. The first-order valence-electron chi connectivity index (χ1n) is 10.9. The van der Waals surface area contributed by atoms with Crippen LogP contribution in [0.4, 0.5) is 4.79 Å². The number of nitriles is 1. The Hall–Kier alpha value is -3.41. The minimum atomic E-state index is -0.594. The van der Waals surface area contributed by atoms with Crippen LogP contribution in [0.1, 0.15) is 56.5 Å². The van der Waals surface area contributed by atoms with Gasteiger partial charge in [-0.15, -0.1) is 0 Å². The Morgan fingerprint density at radius 1 is 1.25 bits per heavy atom. The first-order chi connectivity index (χ1) is 15.2. The lowest BCUT2D eigenvalue weighted by atomic mass is 9.64. The number of ether oxygens (including phenoxy) is 1. The molecule has 2 aliphatic heterocycles. The molecule has 5 rings (SSSR count). The van der Waals surface area contributed by atoms with Crippen molar-refractivity contribution in [3.63, 3.8) is 0 Å². The Labute approximate surface area is 187 Å². The van der Waals surface area contributed by atoms with E-state index in [9.17, 15) is 14.9 Å². The molecule has 1 N–H and O–H groups in total. The van der Waals surface area contributed by atoms with Gasteiger partial charge in [-0.25, -0.2) is 4.79 Å². The fraction of sp³-hybridized carbons (Fsp3) is 0.522. The summed E-state index contributed by atoms with van der Waals surface area (Å²) in [5.41, 5.74) is 0.694. The van der Waals surface area contributed by atoms with Gasteiger partial charge in [0.05, 0.1) is 41.3 Å². The maximum absolute atomic E-state index is 13.9. The number of nitrogens with zero attached hydrogens (tertiary/aromatic N) is 5. The molecular formula is C23H28N6O3. The van der Waals surface area contributed by atoms with Gasteiger partial charge < -0.3 is 15.0 Å². The predicted octanol–water partition coefficient (Wildman–Crippen LogP) is 2.90. The highest BCUT2D eigenvalue weighted by molar-refractivity contribution is 5.98. The number of rotatable bonds is 4. The Bertz CT molecular complexity index is 1050. The summed E-state index contributed by atoms with van der Waals surface area (Å²) in [5, 5.41) is 20.6. The molecule has 2 aromatic rings. The highest BCUT2D eigenvalue weighted by Crippen LogP contribution is 2.47. The quantitative estimate of drug-likeness (QED) is 0.788. The highest BCUT2D eigenvalue weighted by Gasteiger charge is 2.51. The van der Waals surface area contributed by atoms with Gasteiger partial charge in [0, 0.05) is 12.6 Å². The van der Waals surface area contributed by atoms with Gasteiger partial charge in [-0.2, -0.15) is 20.3 Å². The Morgan fingerprint density at radius 2 is 1.94 bits per heavy atom. The molecule has 1 aromatic heterocycles. The van der Waals surface area contributed by atoms with E-state index in [0.29, 0.717) is 29.3 Å². The average molecular weight is 437 g/mol. The molecule has 32 heavy (non-hydrogen) atoms. The number of carbonyl (C=O) groups is 2. The van der Waals surface area contributed by atoms with Crippen LogP contribution >= 0.6 is 0 Å². The van der Waals surface area contributed by atoms with E-state index in [1.165, 1.54) is 4.80 Å². The molecule has 1 unspecified atom stereocenters. The van der Waals surface area contributed by atoms with Gasteiger partial charge in [-0.3, -0.25) is 4.79 Å². The zero-order valence-corrected chi connectivity index (χ0v) is 18.8. The zero-order valence-electron chi connectivity index (χ0n) is 18.8. The van der Waals surface area contributed by atoms with Crippen molar-refractivity contribution < 1.29 is 14.3 Å². The summed E-state index contributed by atoms with van der Waals surface area (Å²) in [6.07, 6.45) is 4.48. The number of benzene rings is 1. The molecule has 3 aliphatic rings. The molecule has 1 saturated carbocycles. The monoisotopic (exact) mass is 436 g/mol. The molecule has 0 spiro atoms. The van der Waals surface area contributed by atoms with Crippen LogP contribution in [0, 0.1) is 23.2 Å². The average Bonchev–Trinajstić information content (AvgIpc) is 3.24. The number of piperidine rings is 2. The summed E-state index contributed by atoms with van der Waals surface area (Å²) in [5.74, 6) is 0.580. The van der Waals surface area contributed by atoms with E-state index < -0.39 is 11.7 Å². The first-order valence-corrected chi connectivity index (χ1v) is 10.9. The Kier molecular flexibility index (Phi) is 5.63. The van der Waals surface area contributed by atoms with E-state index in [-0.39, 0.29) is 23.9 Å². The fourth-order valence-electron chi connectivity index (χ4n) is 4.66. The summed E-state index contributed by atoms with van der Waals surface area (Å²) < 4.78 is 5.37. The standard InChI is InChI=1S/C23H28N6O3/c1-14-16-10-17(11-16)28(20(14)13-25-22(31)32-23(2,3)4)21(30)18-9-15(12-24)5-6-19(18)29-26-7-8-27-29/h5-9,14,16-17,20H,10-11,13H2,1-4H3,(H,25,31)/t14-,16?,17?,20?/m1/s1. The third kappa shape index (κ3) is 4.17. The molecule has 2 saturated heterocycles. The van der Waals surface area contributed by atoms with Crippen LogP contribution in [0.15, 0.2) is 30.6 Å². The molecular weight excluding hydrogens is 408 g/mol. The molecule has 1 aromatic carbocycles. The first kappa shape index (κ1) is 21.8. The lowest BCUT2D eigenvalue weighted by Crippen LogP contribution is -2.65. The molecule has 0 radical (unpaired) electrons. The second kappa shape index (κ2) is 8.26. The molecule has 1 aliphatic carbocycles. The van der Waals surface area contributed by atoms with Crippen LogP contribution in [0.25, 0.3) is 5.69 Å². The highest BCUT2D eigenvalue weighted by atomic mass is 16.6. The molecule has 9 heteroatoms. The molecule has 2 amide bonds. The van der Waals surface area contributed by atoms with Gasteiger partial charge in [0.25, 0.3) is 5.91 Å². The summed E-state index contributed by atoms with van der Waals surface area (Å²) in [4.78, 5) is 29.4. The van der Waals surface area contributed by atoms with E-state index in [2.05, 4.69) is 28.5 Å². The van der Waals surface area contributed by atoms with Crippen LogP contribution in [-0.4, -0.2) is 56.1 Å². The fourth-order valence-corrected chi connectivity index (χ4v) is 4.66. The Balaban J connectivity index is 1.63. The van der Waals surface area contributed by atoms with Crippen LogP contribution in [0.2, 0.25) is 0 Å². The minimum absolute atomic E-state index is 0.110. The van der Waals surface area contributed by atoms with Crippen LogP contribution in [-0.2, 0) is 4.74 Å². The number of amides is 2. The minimum Gasteiger partial charge on any atom is -0.444 e. The molecule has 3 fully saturated rings. The maximum Gasteiger partial charge on any atom is 0.407 e. The van der Waals surface area contributed by atoms with Crippen LogP contribution in [0.3, 0.4) is 0 Å². The Morgan fingerprint density at radius 3 is 2.56 bits per heavy atom. The van der Waals surface area contributed by atoms with E-state index in [4.69, 9.17) is 4.74 Å². The summed E-state index contributed by atoms with van der Waals surface area (Å²) in [6.45, 7) is 7.88. The molecule has 3 heterocycles. The van der Waals surface area contributed by atoms with E-state index >= 15 is 0 Å². The normalized spacial score (nSPS) is 24.3. The predicted molar refractivity (Wildman–Crippen MR) is 116 cm³/mol. The lowest BCUT2D eigenvalue weighted by molar-refractivity contribution is -0.0544. The summed E-state index contributed by atoms with van der Waals surface area (Å²) >= 11 is 0. The van der Waals surface area contributed by atoms with Crippen molar-refractivity contribution in [2.45, 2.75) is 58.2 Å². The van der Waals surface area contributed by atoms with Crippen molar-refractivity contribution in [3.05, 3.63) is 41.7 Å². The topological polar surface area (TPSA) is 113 Å². The second-order valence-corrected chi connectivity index (χ2v) is 9.57. The van der Waals surface area contributed by atoms with Gasteiger partial charge in [0.15, 0.2) is 0 Å². The van der Waals surface area contributed by atoms with Gasteiger partial charge in [0.1, 0.15) is 5.60 Å². The molecule has 9 nitrogen and oxygen atoms in total. The summed E-state index contributed by atoms with van der Waals surface area (Å²) in [7, 11) is 0. The van der Waals surface area contributed by atoms with Gasteiger partial charge in [-0.1, -0.05) is 6.92 Å². The van der Waals surface area contributed by atoms with Crippen LogP contribution < -0.4 is 5.32 Å². The summed E-state index contributed by atoms with van der Waals surface area (Å²) in [6, 6.07) is 6.98. The molecule has 168 valence electrons. The van der Waals surface area contributed by atoms with Crippen LogP contribution in [0.5, 0.6) is 0 Å². The van der Waals surface area contributed by atoms with E-state index in [1.54, 1.807) is 30.6 Å². The van der Waals surface area contributed by atoms with Crippen molar-refractivity contribution in [3.8, 4) is 11.8 Å². The third-order valence-electron chi connectivity index (χ3n) is 6.33. The van der Waals surface area contributed by atoms with Crippen molar-refractivity contribution >= 4 is 12.0 Å². The third-order valence-corrected chi connectivity index (χ3v) is 6.33. The number of alkyl carbamates (subject to hydrolysis) is 1. The van der Waals surface area contributed by atoms with Crippen molar-refractivity contribution in [1.82, 2.24) is 25.2 Å². The number of fused-ring (bicyclic) bond motifs is 2. The number of hydrogen-bond donors (Lipinski definition) is 1. The zero-order chi connectivity index (χ0) is 23.0. The van der Waals surface area contributed by atoms with Gasteiger partial charge in [-0.05, 0) is 63.6 Å². The molecule has 2 atom stereocenters. The van der Waals surface area contributed by atoms with Crippen molar-refractivity contribution in [2.75, 3.05) is 6.54 Å².